The number of aromatic nitrogens is 4. The summed E-state index contributed by atoms with van der Waals surface area (Å²) in [6, 6.07) is 5.80. The van der Waals surface area contributed by atoms with Crippen molar-refractivity contribution in [2.75, 3.05) is 0 Å². The maximum absolute atomic E-state index is 4.37. The Labute approximate surface area is 106 Å². The molecule has 84 valence electrons. The molecule has 0 atom stereocenters. The van der Waals surface area contributed by atoms with Gasteiger partial charge in [0.05, 0.1) is 11.2 Å². The van der Waals surface area contributed by atoms with Crippen LogP contribution in [0.2, 0.25) is 0 Å². The number of hydrogen-bond acceptors (Lipinski definition) is 3. The van der Waals surface area contributed by atoms with Gasteiger partial charge in [0.1, 0.15) is 17.7 Å². The standard InChI is InChI=1S/C12H9BrN4/c1-8-12-10(3-5-14-8)17(7-16-12)11-6-9(13)2-4-15-11/h2-7H,1H3. The van der Waals surface area contributed by atoms with E-state index in [0.29, 0.717) is 0 Å². The highest BCUT2D eigenvalue weighted by atomic mass is 79.9. The molecule has 3 heterocycles. The van der Waals surface area contributed by atoms with Crippen molar-refractivity contribution >= 4 is 27.0 Å². The number of pyridine rings is 2. The highest BCUT2D eigenvalue weighted by molar-refractivity contribution is 9.10. The molecule has 4 nitrogen and oxygen atoms in total. The van der Waals surface area contributed by atoms with Gasteiger partial charge >= 0.3 is 0 Å². The zero-order valence-corrected chi connectivity index (χ0v) is 10.7. The Hall–Kier alpha value is -1.75. The van der Waals surface area contributed by atoms with Crippen LogP contribution in [0.3, 0.4) is 0 Å². The SMILES string of the molecule is Cc1nccc2c1ncn2-c1cc(Br)ccn1. The van der Waals surface area contributed by atoms with Crippen molar-refractivity contribution < 1.29 is 0 Å². The van der Waals surface area contributed by atoms with E-state index in [4.69, 9.17) is 0 Å². The Morgan fingerprint density at radius 1 is 1.12 bits per heavy atom. The van der Waals surface area contributed by atoms with Crippen molar-refractivity contribution in [2.45, 2.75) is 6.92 Å². The second-order valence-electron chi connectivity index (χ2n) is 3.71. The summed E-state index contributed by atoms with van der Waals surface area (Å²) in [5.41, 5.74) is 2.86. The van der Waals surface area contributed by atoms with Crippen molar-refractivity contribution in [3.63, 3.8) is 0 Å². The molecule has 3 aromatic heterocycles. The number of rotatable bonds is 1. The number of aryl methyl sites for hydroxylation is 1. The van der Waals surface area contributed by atoms with Crippen LogP contribution in [-0.4, -0.2) is 19.5 Å². The van der Waals surface area contributed by atoms with E-state index in [1.54, 1.807) is 18.7 Å². The van der Waals surface area contributed by atoms with Crippen LogP contribution in [0.1, 0.15) is 5.69 Å². The molecule has 0 amide bonds. The van der Waals surface area contributed by atoms with Gasteiger partial charge in [0.2, 0.25) is 0 Å². The zero-order valence-electron chi connectivity index (χ0n) is 9.13. The first-order chi connectivity index (χ1) is 8.25. The minimum absolute atomic E-state index is 0.840. The molecule has 0 spiro atoms. The third-order valence-electron chi connectivity index (χ3n) is 2.60. The van der Waals surface area contributed by atoms with Gasteiger partial charge in [-0.1, -0.05) is 15.9 Å². The highest BCUT2D eigenvalue weighted by Crippen LogP contribution is 2.19. The van der Waals surface area contributed by atoms with Crippen molar-refractivity contribution in [3.05, 3.63) is 47.1 Å². The monoisotopic (exact) mass is 288 g/mol. The van der Waals surface area contributed by atoms with Gasteiger partial charge in [0.25, 0.3) is 0 Å². The van der Waals surface area contributed by atoms with Gasteiger partial charge in [-0.2, -0.15) is 0 Å². The Morgan fingerprint density at radius 3 is 2.76 bits per heavy atom. The topological polar surface area (TPSA) is 43.6 Å². The lowest BCUT2D eigenvalue weighted by molar-refractivity contribution is 1.02. The Morgan fingerprint density at radius 2 is 1.94 bits per heavy atom. The van der Waals surface area contributed by atoms with Crippen LogP contribution in [0.4, 0.5) is 0 Å². The smallest absolute Gasteiger partial charge is 0.139 e. The first-order valence-corrected chi connectivity index (χ1v) is 5.95. The van der Waals surface area contributed by atoms with Gasteiger partial charge in [-0.05, 0) is 25.1 Å². The summed E-state index contributed by atoms with van der Waals surface area (Å²) in [5.74, 6) is 0.840. The molecule has 17 heavy (non-hydrogen) atoms. The summed E-state index contributed by atoms with van der Waals surface area (Å²) in [6.45, 7) is 1.95. The second-order valence-corrected chi connectivity index (χ2v) is 4.63. The minimum Gasteiger partial charge on any atom is -0.283 e. The van der Waals surface area contributed by atoms with Crippen molar-refractivity contribution in [3.8, 4) is 5.82 Å². The van der Waals surface area contributed by atoms with Crippen molar-refractivity contribution in [1.29, 1.82) is 0 Å². The van der Waals surface area contributed by atoms with E-state index in [1.165, 1.54) is 0 Å². The van der Waals surface area contributed by atoms with Gasteiger partial charge in [-0.25, -0.2) is 9.97 Å². The summed E-state index contributed by atoms with van der Waals surface area (Å²) in [6.07, 6.45) is 5.32. The number of fused-ring (bicyclic) bond motifs is 1. The molecule has 0 aliphatic heterocycles. The van der Waals surface area contributed by atoms with Crippen LogP contribution >= 0.6 is 15.9 Å². The van der Waals surface area contributed by atoms with Gasteiger partial charge in [0.15, 0.2) is 0 Å². The lowest BCUT2D eigenvalue weighted by atomic mass is 10.3. The van der Waals surface area contributed by atoms with E-state index in [1.807, 2.05) is 29.7 Å². The molecule has 0 aliphatic carbocycles. The van der Waals surface area contributed by atoms with Crippen LogP contribution in [0.25, 0.3) is 16.9 Å². The Balaban J connectivity index is 2.28. The largest absolute Gasteiger partial charge is 0.283 e. The molecule has 0 saturated heterocycles. The van der Waals surface area contributed by atoms with Gasteiger partial charge in [-0.15, -0.1) is 0 Å². The predicted molar refractivity (Wildman–Crippen MR) is 69.1 cm³/mol. The summed E-state index contributed by atoms with van der Waals surface area (Å²) < 4.78 is 2.95. The molecular formula is C12H9BrN4. The number of halogens is 1. The first-order valence-electron chi connectivity index (χ1n) is 5.16. The zero-order chi connectivity index (χ0) is 11.8. The van der Waals surface area contributed by atoms with E-state index >= 15 is 0 Å². The number of hydrogen-bond donors (Lipinski definition) is 0. The van der Waals surface area contributed by atoms with E-state index < -0.39 is 0 Å². The molecular weight excluding hydrogens is 280 g/mol. The molecule has 0 saturated carbocycles. The third kappa shape index (κ3) is 1.72. The minimum atomic E-state index is 0.840. The molecule has 0 radical (unpaired) electrons. The van der Waals surface area contributed by atoms with Crippen LogP contribution in [0.15, 0.2) is 41.4 Å². The average Bonchev–Trinajstić information content (AvgIpc) is 2.74. The predicted octanol–water partition coefficient (Wildman–Crippen LogP) is 2.89. The molecule has 5 heteroatoms. The molecule has 0 aromatic carbocycles. The molecule has 0 bridgehead atoms. The van der Waals surface area contributed by atoms with E-state index in [0.717, 1.165) is 27.0 Å². The number of nitrogens with zero attached hydrogens (tertiary/aromatic N) is 4. The molecule has 0 fully saturated rings. The fourth-order valence-electron chi connectivity index (χ4n) is 1.78. The van der Waals surface area contributed by atoms with Crippen LogP contribution in [-0.2, 0) is 0 Å². The fraction of sp³-hybridized carbons (Fsp3) is 0.0833. The van der Waals surface area contributed by atoms with Crippen LogP contribution in [0, 0.1) is 6.92 Å². The van der Waals surface area contributed by atoms with Gasteiger partial charge in [-0.3, -0.25) is 9.55 Å². The molecule has 3 aromatic rings. The molecule has 0 N–H and O–H groups in total. The molecule has 3 rings (SSSR count). The third-order valence-corrected chi connectivity index (χ3v) is 3.10. The Kier molecular flexibility index (Phi) is 2.40. The molecule has 0 unspecified atom stereocenters. The quantitative estimate of drug-likeness (QED) is 0.692. The summed E-state index contributed by atoms with van der Waals surface area (Å²) in [7, 11) is 0. The van der Waals surface area contributed by atoms with Crippen LogP contribution in [0.5, 0.6) is 0 Å². The maximum Gasteiger partial charge on any atom is 0.139 e. The summed E-state index contributed by atoms with van der Waals surface area (Å²) in [5, 5.41) is 0. The van der Waals surface area contributed by atoms with E-state index in [-0.39, 0.29) is 0 Å². The van der Waals surface area contributed by atoms with E-state index in [2.05, 4.69) is 30.9 Å². The number of imidazole rings is 1. The normalized spacial score (nSPS) is 10.9. The highest BCUT2D eigenvalue weighted by Gasteiger charge is 2.07. The fourth-order valence-corrected chi connectivity index (χ4v) is 2.11. The second kappa shape index (κ2) is 3.92. The summed E-state index contributed by atoms with van der Waals surface area (Å²) in [4.78, 5) is 12.9. The lowest BCUT2D eigenvalue weighted by Gasteiger charge is -2.03. The maximum atomic E-state index is 4.37. The summed E-state index contributed by atoms with van der Waals surface area (Å²) >= 11 is 3.44. The first kappa shape index (κ1) is 10.4. The average molecular weight is 289 g/mol. The molecule has 0 aliphatic rings. The Bertz CT molecular complexity index is 690. The van der Waals surface area contributed by atoms with Crippen molar-refractivity contribution in [1.82, 2.24) is 19.5 Å². The van der Waals surface area contributed by atoms with Crippen molar-refractivity contribution in [2.24, 2.45) is 0 Å². The van der Waals surface area contributed by atoms with Gasteiger partial charge in [0, 0.05) is 16.9 Å². The lowest BCUT2D eigenvalue weighted by Crippen LogP contribution is -1.95. The van der Waals surface area contributed by atoms with E-state index in [9.17, 15) is 0 Å². The van der Waals surface area contributed by atoms with Gasteiger partial charge < -0.3 is 0 Å². The van der Waals surface area contributed by atoms with Crippen LogP contribution < -0.4 is 0 Å².